The number of carbonyl (C=O) groups is 1. The summed E-state index contributed by atoms with van der Waals surface area (Å²) in [6, 6.07) is 0.198. The number of amides is 2. The molecule has 0 bridgehead atoms. The Morgan fingerprint density at radius 2 is 2.46 bits per heavy atom. The van der Waals surface area contributed by atoms with E-state index in [9.17, 15) is 4.79 Å². The lowest BCUT2D eigenvalue weighted by molar-refractivity contribution is 0.238. The highest BCUT2D eigenvalue weighted by Gasteiger charge is 2.10. The van der Waals surface area contributed by atoms with Gasteiger partial charge in [0.15, 0.2) is 0 Å². The minimum atomic E-state index is -0.0431. The van der Waals surface area contributed by atoms with Gasteiger partial charge in [-0.05, 0) is 25.7 Å². The number of carbonyl (C=O) groups excluding carboxylic acids is 1. The molecular formula is C10H18N2O. The Hall–Kier alpha value is -0.990. The van der Waals surface area contributed by atoms with E-state index in [1.807, 2.05) is 6.92 Å². The summed E-state index contributed by atoms with van der Waals surface area (Å²) in [4.78, 5) is 11.2. The molecule has 0 aliphatic heterocycles. The van der Waals surface area contributed by atoms with Gasteiger partial charge in [-0.15, -0.1) is 0 Å². The monoisotopic (exact) mass is 182 g/mol. The summed E-state index contributed by atoms with van der Waals surface area (Å²) >= 11 is 0. The van der Waals surface area contributed by atoms with E-state index in [1.165, 1.54) is 6.42 Å². The molecule has 1 unspecified atom stereocenters. The number of hydrogen-bond donors (Lipinski definition) is 2. The first-order chi connectivity index (χ1) is 6.33. The van der Waals surface area contributed by atoms with Crippen molar-refractivity contribution in [1.82, 2.24) is 10.6 Å². The molecule has 1 aliphatic carbocycles. The Morgan fingerprint density at radius 1 is 1.62 bits per heavy atom. The van der Waals surface area contributed by atoms with Crippen LogP contribution in [0, 0.1) is 0 Å². The van der Waals surface area contributed by atoms with Gasteiger partial charge in [0.1, 0.15) is 0 Å². The average Bonchev–Trinajstić information content (AvgIpc) is 2.16. The van der Waals surface area contributed by atoms with Crippen LogP contribution in [-0.2, 0) is 0 Å². The minimum absolute atomic E-state index is 0.0431. The normalized spacial score (nSPS) is 21.2. The van der Waals surface area contributed by atoms with Crippen LogP contribution < -0.4 is 10.6 Å². The summed E-state index contributed by atoms with van der Waals surface area (Å²) in [5.41, 5.74) is 0. The van der Waals surface area contributed by atoms with Crippen molar-refractivity contribution in [3.8, 4) is 0 Å². The van der Waals surface area contributed by atoms with Crippen molar-refractivity contribution in [3.63, 3.8) is 0 Å². The number of hydrogen-bond acceptors (Lipinski definition) is 1. The molecule has 2 amide bonds. The first-order valence-corrected chi connectivity index (χ1v) is 5.04. The second kappa shape index (κ2) is 5.62. The predicted molar refractivity (Wildman–Crippen MR) is 53.6 cm³/mol. The summed E-state index contributed by atoms with van der Waals surface area (Å²) in [5.74, 6) is 0. The van der Waals surface area contributed by atoms with Crippen LogP contribution in [0.2, 0.25) is 0 Å². The molecular weight excluding hydrogens is 164 g/mol. The Kier molecular flexibility index (Phi) is 4.36. The van der Waals surface area contributed by atoms with E-state index in [1.54, 1.807) is 0 Å². The van der Waals surface area contributed by atoms with E-state index in [0.717, 1.165) is 25.8 Å². The number of allylic oxidation sites excluding steroid dienone is 1. The first-order valence-electron chi connectivity index (χ1n) is 5.04. The van der Waals surface area contributed by atoms with Gasteiger partial charge >= 0.3 is 6.03 Å². The zero-order valence-electron chi connectivity index (χ0n) is 8.18. The highest BCUT2D eigenvalue weighted by atomic mass is 16.2. The van der Waals surface area contributed by atoms with Gasteiger partial charge < -0.3 is 10.6 Å². The quantitative estimate of drug-likeness (QED) is 0.642. The standard InChI is InChI=1S/C10H18N2O/c1-2-8-11-10(13)12-9-6-4-3-5-7-9/h4,6,9H,2-3,5,7-8H2,1H3,(H2,11,12,13). The maximum absolute atomic E-state index is 11.2. The molecule has 2 N–H and O–H groups in total. The highest BCUT2D eigenvalue weighted by Crippen LogP contribution is 2.09. The third-order valence-electron chi connectivity index (χ3n) is 2.11. The molecule has 0 aromatic heterocycles. The van der Waals surface area contributed by atoms with Gasteiger partial charge in [-0.1, -0.05) is 19.1 Å². The molecule has 3 heteroatoms. The van der Waals surface area contributed by atoms with Gasteiger partial charge in [0.2, 0.25) is 0 Å². The molecule has 0 heterocycles. The molecule has 0 saturated heterocycles. The summed E-state index contributed by atoms with van der Waals surface area (Å²) in [6.07, 6.45) is 8.58. The molecule has 3 nitrogen and oxygen atoms in total. The van der Waals surface area contributed by atoms with E-state index in [4.69, 9.17) is 0 Å². The lowest BCUT2D eigenvalue weighted by Gasteiger charge is -2.18. The van der Waals surface area contributed by atoms with Crippen LogP contribution in [0.3, 0.4) is 0 Å². The number of nitrogens with one attached hydrogen (secondary N) is 2. The highest BCUT2D eigenvalue weighted by molar-refractivity contribution is 5.74. The van der Waals surface area contributed by atoms with Crippen molar-refractivity contribution < 1.29 is 4.79 Å². The van der Waals surface area contributed by atoms with E-state index in [-0.39, 0.29) is 12.1 Å². The van der Waals surface area contributed by atoms with E-state index < -0.39 is 0 Å². The van der Waals surface area contributed by atoms with Crippen molar-refractivity contribution in [3.05, 3.63) is 12.2 Å². The molecule has 1 aliphatic rings. The molecule has 0 aromatic carbocycles. The van der Waals surface area contributed by atoms with Gasteiger partial charge in [-0.2, -0.15) is 0 Å². The van der Waals surface area contributed by atoms with E-state index in [0.29, 0.717) is 0 Å². The zero-order chi connectivity index (χ0) is 9.52. The smallest absolute Gasteiger partial charge is 0.315 e. The molecule has 0 spiro atoms. The number of rotatable bonds is 3. The number of urea groups is 1. The van der Waals surface area contributed by atoms with Gasteiger partial charge in [-0.25, -0.2) is 4.79 Å². The maximum atomic E-state index is 11.2. The fraction of sp³-hybridized carbons (Fsp3) is 0.700. The van der Waals surface area contributed by atoms with Crippen molar-refractivity contribution in [2.75, 3.05) is 6.54 Å². The van der Waals surface area contributed by atoms with Crippen LogP contribution in [0.15, 0.2) is 12.2 Å². The molecule has 1 atom stereocenters. The Labute approximate surface area is 79.6 Å². The molecule has 13 heavy (non-hydrogen) atoms. The Morgan fingerprint density at radius 3 is 3.08 bits per heavy atom. The summed E-state index contributed by atoms with van der Waals surface area (Å²) in [5, 5.41) is 5.71. The molecule has 0 fully saturated rings. The molecule has 0 aromatic rings. The molecule has 0 radical (unpaired) electrons. The fourth-order valence-corrected chi connectivity index (χ4v) is 1.39. The van der Waals surface area contributed by atoms with Crippen LogP contribution in [0.25, 0.3) is 0 Å². The summed E-state index contributed by atoms with van der Waals surface area (Å²) in [6.45, 7) is 2.79. The Balaban J connectivity index is 2.18. The summed E-state index contributed by atoms with van der Waals surface area (Å²) in [7, 11) is 0. The van der Waals surface area contributed by atoms with Gasteiger partial charge in [0.25, 0.3) is 0 Å². The van der Waals surface area contributed by atoms with E-state index >= 15 is 0 Å². The lowest BCUT2D eigenvalue weighted by atomic mass is 10.0. The molecule has 1 rings (SSSR count). The molecule has 0 saturated carbocycles. The SMILES string of the molecule is CCCNC(=O)NC1C=CCCC1. The first kappa shape index (κ1) is 10.1. The van der Waals surface area contributed by atoms with Crippen LogP contribution in [0.4, 0.5) is 4.79 Å². The van der Waals surface area contributed by atoms with Crippen molar-refractivity contribution >= 4 is 6.03 Å². The largest absolute Gasteiger partial charge is 0.338 e. The predicted octanol–water partition coefficient (Wildman–Crippen LogP) is 1.80. The minimum Gasteiger partial charge on any atom is -0.338 e. The van der Waals surface area contributed by atoms with Gasteiger partial charge in [-0.3, -0.25) is 0 Å². The summed E-state index contributed by atoms with van der Waals surface area (Å²) < 4.78 is 0. The third kappa shape index (κ3) is 3.97. The zero-order valence-corrected chi connectivity index (χ0v) is 8.18. The van der Waals surface area contributed by atoms with Crippen LogP contribution in [0.5, 0.6) is 0 Å². The second-order valence-corrected chi connectivity index (χ2v) is 3.37. The maximum Gasteiger partial charge on any atom is 0.315 e. The second-order valence-electron chi connectivity index (χ2n) is 3.37. The Bertz CT molecular complexity index is 189. The van der Waals surface area contributed by atoms with E-state index in [2.05, 4.69) is 22.8 Å². The topological polar surface area (TPSA) is 41.1 Å². The van der Waals surface area contributed by atoms with Crippen LogP contribution in [-0.4, -0.2) is 18.6 Å². The third-order valence-corrected chi connectivity index (χ3v) is 2.11. The van der Waals surface area contributed by atoms with Crippen LogP contribution in [0.1, 0.15) is 32.6 Å². The molecule has 74 valence electrons. The van der Waals surface area contributed by atoms with Crippen molar-refractivity contribution in [2.24, 2.45) is 0 Å². The van der Waals surface area contributed by atoms with Crippen molar-refractivity contribution in [2.45, 2.75) is 38.6 Å². The average molecular weight is 182 g/mol. The van der Waals surface area contributed by atoms with Crippen molar-refractivity contribution in [1.29, 1.82) is 0 Å². The lowest BCUT2D eigenvalue weighted by Crippen LogP contribution is -2.41. The van der Waals surface area contributed by atoms with Gasteiger partial charge in [0.05, 0.1) is 0 Å². The fourth-order valence-electron chi connectivity index (χ4n) is 1.39. The van der Waals surface area contributed by atoms with Crippen LogP contribution >= 0.6 is 0 Å². The van der Waals surface area contributed by atoms with Gasteiger partial charge in [0, 0.05) is 12.6 Å².